The molecule has 9 heteroatoms. The molecule has 4 aromatic heterocycles. The van der Waals surface area contributed by atoms with E-state index < -0.39 is 0 Å². The average Bonchev–Trinajstić information content (AvgIpc) is 2.98. The van der Waals surface area contributed by atoms with Crippen LogP contribution in [0.15, 0.2) is 24.4 Å². The largest absolute Gasteiger partial charge is 0.481 e. The summed E-state index contributed by atoms with van der Waals surface area (Å²) in [6, 6.07) is 5.25. The van der Waals surface area contributed by atoms with Crippen molar-refractivity contribution in [3.63, 3.8) is 0 Å². The predicted molar refractivity (Wildman–Crippen MR) is 92.2 cm³/mol. The number of aryl methyl sites for hydroxylation is 1. The van der Waals surface area contributed by atoms with Gasteiger partial charge in [0.15, 0.2) is 11.3 Å². The van der Waals surface area contributed by atoms with Crippen molar-refractivity contribution in [2.75, 3.05) is 14.2 Å². The first kappa shape index (κ1) is 15.5. The number of hydrogen-bond donors (Lipinski definition) is 0. The fourth-order valence-electron chi connectivity index (χ4n) is 2.60. The molecule has 4 aromatic rings. The molecule has 4 rings (SSSR count). The third-order valence-electron chi connectivity index (χ3n) is 3.80. The first-order chi connectivity index (χ1) is 12.1. The number of rotatable bonds is 3. The van der Waals surface area contributed by atoms with Crippen LogP contribution in [-0.2, 0) is 0 Å². The van der Waals surface area contributed by atoms with Gasteiger partial charge in [-0.2, -0.15) is 4.98 Å². The average molecular weight is 357 g/mol. The first-order valence-corrected chi connectivity index (χ1v) is 7.76. The molecule has 0 amide bonds. The zero-order valence-electron chi connectivity index (χ0n) is 13.7. The molecule has 0 unspecified atom stereocenters. The van der Waals surface area contributed by atoms with Crippen LogP contribution >= 0.6 is 11.6 Å². The zero-order valence-corrected chi connectivity index (χ0v) is 14.4. The van der Waals surface area contributed by atoms with Crippen LogP contribution in [0, 0.1) is 6.92 Å². The van der Waals surface area contributed by atoms with E-state index in [4.69, 9.17) is 21.1 Å². The second-order valence-electron chi connectivity index (χ2n) is 5.28. The van der Waals surface area contributed by atoms with Crippen LogP contribution in [0.1, 0.15) is 5.69 Å². The van der Waals surface area contributed by atoms with Crippen molar-refractivity contribution >= 4 is 28.4 Å². The molecule has 0 saturated carbocycles. The molecule has 0 radical (unpaired) electrons. The summed E-state index contributed by atoms with van der Waals surface area (Å²) in [5.41, 5.74) is 3.15. The van der Waals surface area contributed by atoms with Gasteiger partial charge < -0.3 is 9.47 Å². The van der Waals surface area contributed by atoms with E-state index in [1.54, 1.807) is 36.8 Å². The summed E-state index contributed by atoms with van der Waals surface area (Å²) in [5.74, 6) is 1.49. The standard InChI is InChI=1S/C16H13ClN6O2/c1-8-14-22-21-11-4-5-12(24-2)20-16(11)23(14)15(19-8)9-6-13(25-3)18-7-10(9)17/h4-7H,1-3H3. The van der Waals surface area contributed by atoms with Gasteiger partial charge in [-0.25, -0.2) is 9.97 Å². The number of ether oxygens (including phenoxy) is 2. The summed E-state index contributed by atoms with van der Waals surface area (Å²) in [7, 11) is 3.10. The highest BCUT2D eigenvalue weighted by Crippen LogP contribution is 2.31. The molecule has 8 nitrogen and oxygen atoms in total. The Morgan fingerprint density at radius 2 is 1.80 bits per heavy atom. The Balaban J connectivity index is 2.12. The van der Waals surface area contributed by atoms with Gasteiger partial charge in [0.25, 0.3) is 0 Å². The summed E-state index contributed by atoms with van der Waals surface area (Å²) in [6.45, 7) is 1.85. The molecule has 0 spiro atoms. The van der Waals surface area contributed by atoms with Crippen LogP contribution in [0.4, 0.5) is 0 Å². The Morgan fingerprint density at radius 1 is 1.00 bits per heavy atom. The molecule has 0 aliphatic heterocycles. The number of pyridine rings is 2. The number of fused-ring (bicyclic) bond motifs is 3. The van der Waals surface area contributed by atoms with Crippen LogP contribution < -0.4 is 9.47 Å². The molecule has 4 heterocycles. The Morgan fingerprint density at radius 3 is 2.56 bits per heavy atom. The minimum absolute atomic E-state index is 0.436. The Hall–Kier alpha value is -3.00. The lowest BCUT2D eigenvalue weighted by molar-refractivity contribution is 0.398. The maximum Gasteiger partial charge on any atom is 0.215 e. The maximum absolute atomic E-state index is 6.35. The number of aromatic nitrogens is 6. The predicted octanol–water partition coefficient (Wildman–Crippen LogP) is 2.71. The number of methoxy groups -OCH3 is 2. The van der Waals surface area contributed by atoms with Crippen molar-refractivity contribution < 1.29 is 9.47 Å². The van der Waals surface area contributed by atoms with Crippen molar-refractivity contribution in [1.82, 2.24) is 29.5 Å². The topological polar surface area (TPSA) is 87.3 Å². The van der Waals surface area contributed by atoms with Gasteiger partial charge in [0.1, 0.15) is 11.3 Å². The number of halogens is 1. The Kier molecular flexibility index (Phi) is 3.61. The molecule has 0 saturated heterocycles. The van der Waals surface area contributed by atoms with Gasteiger partial charge in [0, 0.05) is 17.7 Å². The molecule has 25 heavy (non-hydrogen) atoms. The molecule has 0 aliphatic carbocycles. The zero-order chi connectivity index (χ0) is 17.6. The van der Waals surface area contributed by atoms with Crippen LogP contribution in [0.2, 0.25) is 5.02 Å². The van der Waals surface area contributed by atoms with Crippen LogP contribution in [0.3, 0.4) is 0 Å². The van der Waals surface area contributed by atoms with Crippen molar-refractivity contribution in [2.24, 2.45) is 0 Å². The quantitative estimate of drug-likeness (QED) is 0.557. The van der Waals surface area contributed by atoms with Crippen molar-refractivity contribution in [1.29, 1.82) is 0 Å². The third kappa shape index (κ3) is 2.42. The number of imidazole rings is 1. The van der Waals surface area contributed by atoms with Gasteiger partial charge in [-0.15, -0.1) is 10.2 Å². The number of nitrogens with zero attached hydrogens (tertiary/aromatic N) is 6. The van der Waals surface area contributed by atoms with Crippen molar-refractivity contribution in [3.05, 3.63) is 35.1 Å². The van der Waals surface area contributed by atoms with Crippen LogP contribution in [0.5, 0.6) is 11.8 Å². The Bertz CT molecular complexity index is 1110. The second-order valence-corrected chi connectivity index (χ2v) is 5.69. The first-order valence-electron chi connectivity index (χ1n) is 7.38. The highest BCUT2D eigenvalue weighted by molar-refractivity contribution is 6.33. The van der Waals surface area contributed by atoms with Gasteiger partial charge in [-0.3, -0.25) is 4.40 Å². The van der Waals surface area contributed by atoms with E-state index in [2.05, 4.69) is 25.1 Å². The van der Waals surface area contributed by atoms with E-state index in [-0.39, 0.29) is 0 Å². The number of hydrogen-bond acceptors (Lipinski definition) is 7. The molecule has 0 bridgehead atoms. The van der Waals surface area contributed by atoms with E-state index in [9.17, 15) is 0 Å². The van der Waals surface area contributed by atoms with E-state index in [0.717, 1.165) is 0 Å². The third-order valence-corrected chi connectivity index (χ3v) is 4.10. The molecule has 0 fully saturated rings. The summed E-state index contributed by atoms with van der Waals surface area (Å²) >= 11 is 6.35. The summed E-state index contributed by atoms with van der Waals surface area (Å²) < 4.78 is 12.2. The monoisotopic (exact) mass is 356 g/mol. The van der Waals surface area contributed by atoms with Crippen LogP contribution in [-0.4, -0.2) is 43.8 Å². The lowest BCUT2D eigenvalue weighted by Crippen LogP contribution is -2.01. The second kappa shape index (κ2) is 5.82. The van der Waals surface area contributed by atoms with Gasteiger partial charge >= 0.3 is 0 Å². The lowest BCUT2D eigenvalue weighted by Gasteiger charge is -2.08. The maximum atomic E-state index is 6.35. The SMILES string of the molecule is COc1cc(-c2nc(C)c3nnc4ccc(OC)nc4n23)c(Cl)cn1. The van der Waals surface area contributed by atoms with E-state index in [1.807, 2.05) is 6.92 Å². The van der Waals surface area contributed by atoms with Gasteiger partial charge in [0.05, 0.1) is 31.1 Å². The highest BCUT2D eigenvalue weighted by Gasteiger charge is 2.19. The molecule has 0 aromatic carbocycles. The molecular weight excluding hydrogens is 344 g/mol. The van der Waals surface area contributed by atoms with E-state index in [0.29, 0.717) is 50.7 Å². The van der Waals surface area contributed by atoms with Crippen molar-refractivity contribution in [2.45, 2.75) is 6.92 Å². The lowest BCUT2D eigenvalue weighted by atomic mass is 10.2. The fourth-order valence-corrected chi connectivity index (χ4v) is 2.79. The molecule has 0 aliphatic rings. The van der Waals surface area contributed by atoms with Gasteiger partial charge in [-0.1, -0.05) is 11.6 Å². The summed E-state index contributed by atoms with van der Waals surface area (Å²) in [4.78, 5) is 13.2. The van der Waals surface area contributed by atoms with E-state index in [1.165, 1.54) is 6.20 Å². The smallest absolute Gasteiger partial charge is 0.215 e. The minimum Gasteiger partial charge on any atom is -0.481 e. The Labute approximate surface area is 147 Å². The van der Waals surface area contributed by atoms with Gasteiger partial charge in [-0.05, 0) is 13.0 Å². The fraction of sp³-hybridized carbons (Fsp3) is 0.188. The minimum atomic E-state index is 0.436. The molecule has 0 N–H and O–H groups in total. The summed E-state index contributed by atoms with van der Waals surface area (Å²) in [5, 5.41) is 8.92. The summed E-state index contributed by atoms with van der Waals surface area (Å²) in [6.07, 6.45) is 1.52. The van der Waals surface area contributed by atoms with Crippen LogP contribution in [0.25, 0.3) is 28.2 Å². The van der Waals surface area contributed by atoms with E-state index >= 15 is 0 Å². The highest BCUT2D eigenvalue weighted by atomic mass is 35.5. The normalized spacial score (nSPS) is 11.2. The van der Waals surface area contributed by atoms with Gasteiger partial charge in [0.2, 0.25) is 11.8 Å². The molecule has 0 atom stereocenters. The molecule has 126 valence electrons. The van der Waals surface area contributed by atoms with Crippen molar-refractivity contribution in [3.8, 4) is 23.1 Å². The molecular formula is C16H13ClN6O2.